The SMILES string of the molecule is CCCC1CC(=O)N(S(=O)(=O)c2ccccc2F)C1. The maximum atomic E-state index is 13.6. The molecule has 0 aliphatic carbocycles. The second-order valence-electron chi connectivity index (χ2n) is 4.72. The molecule has 0 N–H and O–H groups in total. The number of halogens is 1. The van der Waals surface area contributed by atoms with Gasteiger partial charge in [-0.3, -0.25) is 4.79 Å². The van der Waals surface area contributed by atoms with Crippen LogP contribution in [0.15, 0.2) is 29.2 Å². The minimum absolute atomic E-state index is 0.0408. The summed E-state index contributed by atoms with van der Waals surface area (Å²) in [6.45, 7) is 2.14. The van der Waals surface area contributed by atoms with Crippen LogP contribution in [0.25, 0.3) is 0 Å². The van der Waals surface area contributed by atoms with E-state index >= 15 is 0 Å². The summed E-state index contributed by atoms with van der Waals surface area (Å²) in [5.74, 6) is -1.23. The molecule has 2 rings (SSSR count). The summed E-state index contributed by atoms with van der Waals surface area (Å²) in [5.41, 5.74) is 0. The molecule has 0 saturated carbocycles. The normalized spacial score (nSPS) is 20.0. The number of rotatable bonds is 4. The largest absolute Gasteiger partial charge is 0.274 e. The van der Waals surface area contributed by atoms with E-state index in [0.717, 1.165) is 23.2 Å². The molecule has 1 unspecified atom stereocenters. The lowest BCUT2D eigenvalue weighted by molar-refractivity contribution is -0.123. The molecule has 0 bridgehead atoms. The zero-order valence-electron chi connectivity index (χ0n) is 10.7. The van der Waals surface area contributed by atoms with Crippen molar-refractivity contribution in [1.82, 2.24) is 4.31 Å². The maximum Gasteiger partial charge on any atom is 0.269 e. The Hall–Kier alpha value is -1.43. The number of benzene rings is 1. The van der Waals surface area contributed by atoms with Gasteiger partial charge in [-0.25, -0.2) is 17.1 Å². The van der Waals surface area contributed by atoms with Crippen molar-refractivity contribution in [3.63, 3.8) is 0 Å². The van der Waals surface area contributed by atoms with Crippen LogP contribution < -0.4 is 0 Å². The Morgan fingerprint density at radius 3 is 2.68 bits per heavy atom. The highest BCUT2D eigenvalue weighted by Crippen LogP contribution is 2.28. The number of hydrogen-bond acceptors (Lipinski definition) is 3. The van der Waals surface area contributed by atoms with Crippen molar-refractivity contribution in [2.75, 3.05) is 6.54 Å². The van der Waals surface area contributed by atoms with Crippen molar-refractivity contribution in [3.05, 3.63) is 30.1 Å². The third-order valence-corrected chi connectivity index (χ3v) is 5.09. The van der Waals surface area contributed by atoms with E-state index in [-0.39, 0.29) is 18.9 Å². The molecule has 1 heterocycles. The topological polar surface area (TPSA) is 54.5 Å². The van der Waals surface area contributed by atoms with Crippen LogP contribution in [-0.4, -0.2) is 25.2 Å². The van der Waals surface area contributed by atoms with Crippen LogP contribution in [-0.2, 0) is 14.8 Å². The molecule has 1 atom stereocenters. The van der Waals surface area contributed by atoms with Gasteiger partial charge in [-0.2, -0.15) is 0 Å². The van der Waals surface area contributed by atoms with E-state index in [1.165, 1.54) is 18.2 Å². The minimum atomic E-state index is -4.06. The Kier molecular flexibility index (Phi) is 3.89. The number of carbonyl (C=O) groups excluding carboxylic acids is 1. The van der Waals surface area contributed by atoms with E-state index in [9.17, 15) is 17.6 Å². The third kappa shape index (κ3) is 2.63. The van der Waals surface area contributed by atoms with Gasteiger partial charge in [0.1, 0.15) is 10.7 Å². The molecule has 1 fully saturated rings. The smallest absolute Gasteiger partial charge is 0.269 e. The first kappa shape index (κ1) is 14.0. The summed E-state index contributed by atoms with van der Waals surface area (Å²) in [4.78, 5) is 11.4. The average Bonchev–Trinajstić information content (AvgIpc) is 2.72. The number of nitrogens with zero attached hydrogens (tertiary/aromatic N) is 1. The number of sulfonamides is 1. The highest BCUT2D eigenvalue weighted by Gasteiger charge is 2.38. The summed E-state index contributed by atoms with van der Waals surface area (Å²) >= 11 is 0. The first-order valence-electron chi connectivity index (χ1n) is 6.27. The van der Waals surface area contributed by atoms with Gasteiger partial charge in [0.05, 0.1) is 0 Å². The lowest BCUT2D eigenvalue weighted by atomic mass is 10.0. The van der Waals surface area contributed by atoms with Crippen LogP contribution in [0, 0.1) is 11.7 Å². The first-order chi connectivity index (χ1) is 8.96. The number of amides is 1. The number of hydrogen-bond donors (Lipinski definition) is 0. The van der Waals surface area contributed by atoms with Crippen LogP contribution in [0.3, 0.4) is 0 Å². The summed E-state index contributed by atoms with van der Waals surface area (Å²) in [6, 6.07) is 5.13. The van der Waals surface area contributed by atoms with Gasteiger partial charge in [0.2, 0.25) is 5.91 Å². The summed E-state index contributed by atoms with van der Waals surface area (Å²) in [7, 11) is -4.06. The standard InChI is InChI=1S/C13H16FNO3S/c1-2-5-10-8-13(16)15(9-10)19(17,18)12-7-4-3-6-11(12)14/h3-4,6-7,10H,2,5,8-9H2,1H3. The fourth-order valence-corrected chi connectivity index (χ4v) is 3.91. The molecule has 1 aromatic rings. The fraction of sp³-hybridized carbons (Fsp3) is 0.462. The molecule has 6 heteroatoms. The Labute approximate surface area is 112 Å². The quantitative estimate of drug-likeness (QED) is 0.852. The summed E-state index contributed by atoms with van der Waals surface area (Å²) in [5, 5.41) is 0. The van der Waals surface area contributed by atoms with E-state index < -0.39 is 26.6 Å². The first-order valence-corrected chi connectivity index (χ1v) is 7.71. The van der Waals surface area contributed by atoms with Crippen LogP contribution in [0.2, 0.25) is 0 Å². The van der Waals surface area contributed by atoms with E-state index in [4.69, 9.17) is 0 Å². The van der Waals surface area contributed by atoms with Crippen molar-refractivity contribution >= 4 is 15.9 Å². The summed E-state index contributed by atoms with van der Waals surface area (Å²) < 4.78 is 39.0. The summed E-state index contributed by atoms with van der Waals surface area (Å²) in [6.07, 6.45) is 1.92. The van der Waals surface area contributed by atoms with Gasteiger partial charge in [0, 0.05) is 13.0 Å². The van der Waals surface area contributed by atoms with E-state index in [2.05, 4.69) is 0 Å². The van der Waals surface area contributed by atoms with Gasteiger partial charge < -0.3 is 0 Å². The molecule has 0 aromatic heterocycles. The van der Waals surface area contributed by atoms with Crippen LogP contribution >= 0.6 is 0 Å². The molecule has 1 amide bonds. The fourth-order valence-electron chi connectivity index (χ4n) is 2.36. The van der Waals surface area contributed by atoms with Crippen LogP contribution in [0.1, 0.15) is 26.2 Å². The molecular formula is C13H16FNO3S. The van der Waals surface area contributed by atoms with Crippen molar-refractivity contribution in [2.45, 2.75) is 31.1 Å². The third-order valence-electron chi connectivity index (χ3n) is 3.27. The van der Waals surface area contributed by atoms with Gasteiger partial charge >= 0.3 is 0 Å². The van der Waals surface area contributed by atoms with Gasteiger partial charge in [-0.15, -0.1) is 0 Å². The highest BCUT2D eigenvalue weighted by atomic mass is 32.2. The predicted octanol–water partition coefficient (Wildman–Crippen LogP) is 2.16. The number of carbonyl (C=O) groups is 1. The maximum absolute atomic E-state index is 13.6. The zero-order chi connectivity index (χ0) is 14.0. The Morgan fingerprint density at radius 2 is 2.05 bits per heavy atom. The second kappa shape index (κ2) is 5.28. The molecule has 1 aliphatic rings. The molecule has 4 nitrogen and oxygen atoms in total. The van der Waals surface area contributed by atoms with Crippen molar-refractivity contribution in [1.29, 1.82) is 0 Å². The average molecular weight is 285 g/mol. The van der Waals surface area contributed by atoms with Gasteiger partial charge in [-0.05, 0) is 24.5 Å². The molecule has 104 valence electrons. The lowest BCUT2D eigenvalue weighted by Crippen LogP contribution is -2.33. The molecule has 1 saturated heterocycles. The Balaban J connectivity index is 2.31. The van der Waals surface area contributed by atoms with Gasteiger partial charge in [0.25, 0.3) is 10.0 Å². The predicted molar refractivity (Wildman–Crippen MR) is 68.3 cm³/mol. The molecule has 19 heavy (non-hydrogen) atoms. The second-order valence-corrected chi connectivity index (χ2v) is 6.55. The van der Waals surface area contributed by atoms with Crippen molar-refractivity contribution in [3.8, 4) is 0 Å². The molecular weight excluding hydrogens is 269 g/mol. The van der Waals surface area contributed by atoms with E-state index in [1.807, 2.05) is 6.92 Å². The monoisotopic (exact) mass is 285 g/mol. The van der Waals surface area contributed by atoms with Crippen molar-refractivity contribution in [2.24, 2.45) is 5.92 Å². The van der Waals surface area contributed by atoms with Crippen LogP contribution in [0.5, 0.6) is 0 Å². The molecule has 0 radical (unpaired) electrons. The lowest BCUT2D eigenvalue weighted by Gasteiger charge is -2.17. The molecule has 1 aliphatic heterocycles. The molecule has 1 aromatic carbocycles. The zero-order valence-corrected chi connectivity index (χ0v) is 11.5. The van der Waals surface area contributed by atoms with Gasteiger partial charge in [-0.1, -0.05) is 25.5 Å². The van der Waals surface area contributed by atoms with Gasteiger partial charge in [0.15, 0.2) is 0 Å². The van der Waals surface area contributed by atoms with E-state index in [0.29, 0.717) is 0 Å². The minimum Gasteiger partial charge on any atom is -0.274 e. The Bertz CT molecular complexity index is 585. The molecule has 0 spiro atoms. The van der Waals surface area contributed by atoms with E-state index in [1.54, 1.807) is 0 Å². The van der Waals surface area contributed by atoms with Crippen molar-refractivity contribution < 1.29 is 17.6 Å². The highest BCUT2D eigenvalue weighted by molar-refractivity contribution is 7.89. The van der Waals surface area contributed by atoms with Crippen LogP contribution in [0.4, 0.5) is 4.39 Å². The Morgan fingerprint density at radius 1 is 1.37 bits per heavy atom.